The van der Waals surface area contributed by atoms with Crippen LogP contribution >= 0.6 is 0 Å². The molecular weight excluding hydrogens is 312 g/mol. The van der Waals surface area contributed by atoms with Gasteiger partial charge in [0, 0.05) is 11.8 Å². The van der Waals surface area contributed by atoms with Gasteiger partial charge in [0.2, 0.25) is 0 Å². The lowest BCUT2D eigenvalue weighted by atomic mass is 9.90. The second-order valence-electron chi connectivity index (χ2n) is 6.20. The highest BCUT2D eigenvalue weighted by molar-refractivity contribution is 5.74. The van der Waals surface area contributed by atoms with Crippen molar-refractivity contribution < 1.29 is 0 Å². The molecule has 1 unspecified atom stereocenters. The molecule has 0 saturated carbocycles. The van der Waals surface area contributed by atoms with Crippen LogP contribution in [0.5, 0.6) is 0 Å². The lowest BCUT2D eigenvalue weighted by Crippen LogP contribution is -2.19. The maximum atomic E-state index is 9.25. The standard InChI is InChI=1S/C19H22N6/c1-3-6-14(4-2)17(8-9-20)25-12-15(11-24-25)18-16-7-5-10-21-19(16)23-13-22-18/h11-14,17H,3-4,6,8,10H2,1-2H3,(H,21,22,23)/t14?,17-/m1/s1. The monoisotopic (exact) mass is 334 g/mol. The second kappa shape index (κ2) is 7.81. The molecular formula is C19H22N6. The number of nitrogens with zero attached hydrogens (tertiary/aromatic N) is 5. The summed E-state index contributed by atoms with van der Waals surface area (Å²) >= 11 is 0. The molecule has 6 nitrogen and oxygen atoms in total. The number of rotatable bonds is 7. The Labute approximate surface area is 148 Å². The molecule has 0 spiro atoms. The molecule has 1 aliphatic heterocycles. The molecule has 3 heterocycles. The van der Waals surface area contributed by atoms with Crippen LogP contribution in [0.4, 0.5) is 5.82 Å². The van der Waals surface area contributed by atoms with Crippen molar-refractivity contribution in [3.8, 4) is 29.2 Å². The summed E-state index contributed by atoms with van der Waals surface area (Å²) in [6.07, 6.45) is 9.04. The van der Waals surface area contributed by atoms with Crippen molar-refractivity contribution in [2.45, 2.75) is 45.6 Å². The average Bonchev–Trinajstić information content (AvgIpc) is 3.13. The number of nitriles is 1. The predicted octanol–water partition coefficient (Wildman–Crippen LogP) is 3.40. The van der Waals surface area contributed by atoms with Crippen molar-refractivity contribution >= 4 is 5.82 Å². The van der Waals surface area contributed by atoms with E-state index in [4.69, 9.17) is 0 Å². The highest BCUT2D eigenvalue weighted by Gasteiger charge is 2.23. The SMILES string of the molecule is CCCC(CC)[C@@H](CC#N)n1cc(-c2ncnc3c2C#CCN3)cn1. The molecule has 0 radical (unpaired) electrons. The molecule has 2 aromatic heterocycles. The van der Waals surface area contributed by atoms with Crippen LogP contribution in [-0.4, -0.2) is 26.3 Å². The maximum absolute atomic E-state index is 9.25. The van der Waals surface area contributed by atoms with Crippen molar-refractivity contribution in [2.75, 3.05) is 11.9 Å². The molecule has 0 amide bonds. The van der Waals surface area contributed by atoms with Gasteiger partial charge in [0.15, 0.2) is 0 Å². The summed E-state index contributed by atoms with van der Waals surface area (Å²) in [6, 6.07) is 2.41. The lowest BCUT2D eigenvalue weighted by Gasteiger charge is -2.24. The molecule has 2 aromatic rings. The van der Waals surface area contributed by atoms with Crippen LogP contribution in [0.25, 0.3) is 11.3 Å². The minimum Gasteiger partial charge on any atom is -0.358 e. The Hall–Kier alpha value is -2.86. The van der Waals surface area contributed by atoms with Crippen molar-refractivity contribution in [3.63, 3.8) is 0 Å². The number of anilines is 1. The molecule has 3 rings (SSSR count). The first-order valence-electron chi connectivity index (χ1n) is 8.77. The zero-order chi connectivity index (χ0) is 17.6. The van der Waals surface area contributed by atoms with Crippen molar-refractivity contribution in [1.29, 1.82) is 5.26 Å². The molecule has 0 fully saturated rings. The Kier molecular flexibility index (Phi) is 5.30. The number of hydrogen-bond acceptors (Lipinski definition) is 5. The van der Waals surface area contributed by atoms with Gasteiger partial charge in [-0.3, -0.25) is 4.68 Å². The molecule has 128 valence electrons. The van der Waals surface area contributed by atoms with Crippen LogP contribution in [-0.2, 0) is 0 Å². The molecule has 6 heteroatoms. The van der Waals surface area contributed by atoms with Crippen LogP contribution in [0.2, 0.25) is 0 Å². The minimum absolute atomic E-state index is 0.0885. The normalized spacial score (nSPS) is 14.4. The van der Waals surface area contributed by atoms with Crippen LogP contribution in [0.1, 0.15) is 51.1 Å². The highest BCUT2D eigenvalue weighted by atomic mass is 15.3. The molecule has 0 bridgehead atoms. The van der Waals surface area contributed by atoms with Gasteiger partial charge in [0.25, 0.3) is 0 Å². The number of aromatic nitrogens is 4. The second-order valence-corrected chi connectivity index (χ2v) is 6.20. The van der Waals surface area contributed by atoms with E-state index in [1.54, 1.807) is 6.33 Å². The topological polar surface area (TPSA) is 79.4 Å². The van der Waals surface area contributed by atoms with E-state index in [9.17, 15) is 5.26 Å². The van der Waals surface area contributed by atoms with E-state index in [0.717, 1.165) is 41.9 Å². The third kappa shape index (κ3) is 3.49. The Morgan fingerprint density at radius 3 is 3.04 bits per heavy atom. The van der Waals surface area contributed by atoms with Gasteiger partial charge < -0.3 is 5.32 Å². The van der Waals surface area contributed by atoms with Crippen molar-refractivity contribution in [1.82, 2.24) is 19.7 Å². The van der Waals surface area contributed by atoms with E-state index in [1.165, 1.54) is 0 Å². The molecule has 0 aromatic carbocycles. The molecule has 25 heavy (non-hydrogen) atoms. The van der Waals surface area contributed by atoms with Gasteiger partial charge in [-0.05, 0) is 12.3 Å². The Bertz CT molecular complexity index is 836. The van der Waals surface area contributed by atoms with Crippen LogP contribution in [0, 0.1) is 29.1 Å². The molecule has 1 N–H and O–H groups in total. The van der Waals surface area contributed by atoms with Crippen molar-refractivity contribution in [2.24, 2.45) is 5.92 Å². The summed E-state index contributed by atoms with van der Waals surface area (Å²) in [6.45, 7) is 4.96. The van der Waals surface area contributed by atoms with Gasteiger partial charge in [-0.2, -0.15) is 10.4 Å². The van der Waals surface area contributed by atoms with Crippen LogP contribution in [0.3, 0.4) is 0 Å². The van der Waals surface area contributed by atoms with Gasteiger partial charge in [-0.1, -0.05) is 38.5 Å². The van der Waals surface area contributed by atoms with E-state index in [2.05, 4.69) is 52.1 Å². The first-order chi connectivity index (χ1) is 12.3. The fourth-order valence-corrected chi connectivity index (χ4v) is 3.37. The lowest BCUT2D eigenvalue weighted by molar-refractivity contribution is 0.283. The summed E-state index contributed by atoms with van der Waals surface area (Å²) in [5, 5.41) is 17.0. The zero-order valence-corrected chi connectivity index (χ0v) is 14.7. The zero-order valence-electron chi connectivity index (χ0n) is 14.7. The molecule has 2 atom stereocenters. The van der Waals surface area contributed by atoms with E-state index in [0.29, 0.717) is 18.9 Å². The first kappa shape index (κ1) is 17.0. The Balaban J connectivity index is 1.95. The fraction of sp³-hybridized carbons (Fsp3) is 0.474. The van der Waals surface area contributed by atoms with Gasteiger partial charge in [0.1, 0.15) is 12.1 Å². The van der Waals surface area contributed by atoms with E-state index in [1.807, 2.05) is 17.1 Å². The molecule has 1 aliphatic rings. The number of fused-ring (bicyclic) bond motifs is 1. The third-order valence-corrected chi connectivity index (χ3v) is 4.65. The van der Waals surface area contributed by atoms with Gasteiger partial charge in [-0.15, -0.1) is 0 Å². The van der Waals surface area contributed by atoms with Gasteiger partial charge >= 0.3 is 0 Å². The summed E-state index contributed by atoms with van der Waals surface area (Å²) in [4.78, 5) is 8.66. The quantitative estimate of drug-likeness (QED) is 0.785. The smallest absolute Gasteiger partial charge is 0.146 e. The average molecular weight is 334 g/mol. The largest absolute Gasteiger partial charge is 0.358 e. The van der Waals surface area contributed by atoms with E-state index >= 15 is 0 Å². The molecule has 0 aliphatic carbocycles. The minimum atomic E-state index is 0.0885. The Morgan fingerprint density at radius 1 is 1.40 bits per heavy atom. The summed E-state index contributed by atoms with van der Waals surface area (Å²) < 4.78 is 1.93. The van der Waals surface area contributed by atoms with Crippen molar-refractivity contribution in [3.05, 3.63) is 24.3 Å². The predicted molar refractivity (Wildman–Crippen MR) is 96.6 cm³/mol. The highest BCUT2D eigenvalue weighted by Crippen LogP contribution is 2.31. The maximum Gasteiger partial charge on any atom is 0.146 e. The summed E-state index contributed by atoms with van der Waals surface area (Å²) in [7, 11) is 0. The van der Waals surface area contributed by atoms with Gasteiger partial charge in [-0.25, -0.2) is 9.97 Å². The summed E-state index contributed by atoms with van der Waals surface area (Å²) in [5.41, 5.74) is 2.51. The number of nitrogens with one attached hydrogen (secondary N) is 1. The van der Waals surface area contributed by atoms with Crippen LogP contribution in [0.15, 0.2) is 18.7 Å². The van der Waals surface area contributed by atoms with Crippen LogP contribution < -0.4 is 5.32 Å². The Morgan fingerprint density at radius 2 is 2.28 bits per heavy atom. The first-order valence-corrected chi connectivity index (χ1v) is 8.77. The fourth-order valence-electron chi connectivity index (χ4n) is 3.37. The number of hydrogen-bond donors (Lipinski definition) is 1. The van der Waals surface area contributed by atoms with E-state index < -0.39 is 0 Å². The third-order valence-electron chi connectivity index (χ3n) is 4.65. The van der Waals surface area contributed by atoms with E-state index in [-0.39, 0.29) is 6.04 Å². The molecule has 0 saturated heterocycles. The van der Waals surface area contributed by atoms with Gasteiger partial charge in [0.05, 0.1) is 42.5 Å². The summed E-state index contributed by atoms with van der Waals surface area (Å²) in [5.74, 6) is 7.36.